The number of aliphatic hydroxyl groups is 1. The van der Waals surface area contributed by atoms with Gasteiger partial charge >= 0.3 is 5.97 Å². The number of aliphatic hydroxyl groups excluding tert-OH is 1. The third-order valence-electron chi connectivity index (χ3n) is 3.34. The number of esters is 1. The Bertz CT molecular complexity index is 696. The molecular formula is C17H18O5. The number of hydrogen-bond donors (Lipinski definition) is 1. The monoisotopic (exact) mass is 302 g/mol. The summed E-state index contributed by atoms with van der Waals surface area (Å²) in [5.41, 5.74) is 2.27. The molecule has 2 rings (SSSR count). The van der Waals surface area contributed by atoms with Crippen LogP contribution in [0.15, 0.2) is 41.0 Å². The van der Waals surface area contributed by atoms with Gasteiger partial charge in [0, 0.05) is 29.9 Å². The number of benzene rings is 1. The number of rotatable bonds is 7. The number of fused-ring (bicyclic) bond motifs is 1. The van der Waals surface area contributed by atoms with E-state index in [4.69, 9.17) is 9.52 Å². The summed E-state index contributed by atoms with van der Waals surface area (Å²) in [6.45, 7) is -0.0442. The van der Waals surface area contributed by atoms with Crippen molar-refractivity contribution in [2.45, 2.75) is 25.9 Å². The Hall–Kier alpha value is -2.40. The molecule has 1 heterocycles. The van der Waals surface area contributed by atoms with Gasteiger partial charge in [-0.05, 0) is 18.1 Å². The summed E-state index contributed by atoms with van der Waals surface area (Å²) < 4.78 is 9.89. The maximum atomic E-state index is 12.0. The molecule has 2 aromatic rings. The highest BCUT2D eigenvalue weighted by molar-refractivity contribution is 5.89. The quantitative estimate of drug-likeness (QED) is 0.628. The molecule has 0 aliphatic heterocycles. The lowest BCUT2D eigenvalue weighted by atomic mass is 10.0. The third kappa shape index (κ3) is 4.05. The molecule has 5 heteroatoms. The van der Waals surface area contributed by atoms with Crippen molar-refractivity contribution < 1.29 is 23.8 Å². The highest BCUT2D eigenvalue weighted by Crippen LogP contribution is 2.23. The van der Waals surface area contributed by atoms with Crippen LogP contribution >= 0.6 is 0 Å². The minimum atomic E-state index is -0.423. The Morgan fingerprint density at radius 3 is 2.91 bits per heavy atom. The first-order valence-corrected chi connectivity index (χ1v) is 7.00. The van der Waals surface area contributed by atoms with E-state index >= 15 is 0 Å². The van der Waals surface area contributed by atoms with Crippen LogP contribution in [0.25, 0.3) is 11.0 Å². The Morgan fingerprint density at radius 2 is 2.18 bits per heavy atom. The van der Waals surface area contributed by atoms with Crippen LogP contribution in [0.2, 0.25) is 0 Å². The van der Waals surface area contributed by atoms with Gasteiger partial charge in [0.05, 0.1) is 20.0 Å². The van der Waals surface area contributed by atoms with Crippen LogP contribution in [0, 0.1) is 0 Å². The van der Waals surface area contributed by atoms with Gasteiger partial charge in [-0.25, -0.2) is 4.79 Å². The normalized spacial score (nSPS) is 11.2. The molecule has 1 aromatic carbocycles. The second-order valence-corrected chi connectivity index (χ2v) is 4.93. The molecule has 0 aliphatic carbocycles. The van der Waals surface area contributed by atoms with Gasteiger partial charge in [-0.1, -0.05) is 18.2 Å². The molecule has 0 unspecified atom stereocenters. The molecular weight excluding hydrogens is 284 g/mol. The number of methoxy groups -OCH3 is 1. The van der Waals surface area contributed by atoms with Gasteiger partial charge in [0.1, 0.15) is 11.4 Å². The lowest BCUT2D eigenvalue weighted by Crippen LogP contribution is -2.01. The van der Waals surface area contributed by atoms with Crippen molar-refractivity contribution in [3.63, 3.8) is 0 Å². The van der Waals surface area contributed by atoms with E-state index in [1.807, 2.05) is 12.1 Å². The van der Waals surface area contributed by atoms with Crippen molar-refractivity contribution >= 4 is 22.7 Å². The molecule has 5 nitrogen and oxygen atoms in total. The molecule has 0 aliphatic rings. The number of carbonyl (C=O) groups excluding carboxylic acids is 2. The zero-order chi connectivity index (χ0) is 15.9. The van der Waals surface area contributed by atoms with Crippen molar-refractivity contribution in [2.24, 2.45) is 0 Å². The van der Waals surface area contributed by atoms with Crippen molar-refractivity contribution in [3.8, 4) is 0 Å². The second-order valence-electron chi connectivity index (χ2n) is 4.93. The van der Waals surface area contributed by atoms with Crippen molar-refractivity contribution in [1.82, 2.24) is 0 Å². The van der Waals surface area contributed by atoms with Crippen molar-refractivity contribution in [2.75, 3.05) is 7.11 Å². The van der Waals surface area contributed by atoms with Crippen LogP contribution in [-0.4, -0.2) is 24.0 Å². The molecule has 0 saturated carbocycles. The fourth-order valence-corrected chi connectivity index (χ4v) is 2.16. The first-order chi connectivity index (χ1) is 10.6. The van der Waals surface area contributed by atoms with Gasteiger partial charge in [0.25, 0.3) is 0 Å². The molecule has 0 bridgehead atoms. The SMILES string of the molecule is COC(=O)/C=C/CCC(=O)Cc1coc2cc(CO)ccc12. The van der Waals surface area contributed by atoms with E-state index in [0.29, 0.717) is 18.4 Å². The van der Waals surface area contributed by atoms with Crippen LogP contribution in [0.3, 0.4) is 0 Å². The minimum absolute atomic E-state index is 0.0442. The molecule has 0 spiro atoms. The molecule has 1 N–H and O–H groups in total. The summed E-state index contributed by atoms with van der Waals surface area (Å²) in [5.74, 6) is -0.351. The predicted molar refractivity (Wildman–Crippen MR) is 81.2 cm³/mol. The molecule has 0 amide bonds. The van der Waals surface area contributed by atoms with E-state index in [-0.39, 0.29) is 18.8 Å². The maximum absolute atomic E-state index is 12.0. The summed E-state index contributed by atoms with van der Waals surface area (Å²) in [6.07, 6.45) is 5.67. The van der Waals surface area contributed by atoms with E-state index in [9.17, 15) is 9.59 Å². The number of hydrogen-bond acceptors (Lipinski definition) is 5. The zero-order valence-electron chi connectivity index (χ0n) is 12.4. The van der Waals surface area contributed by atoms with E-state index in [1.54, 1.807) is 18.4 Å². The van der Waals surface area contributed by atoms with Gasteiger partial charge in [0.2, 0.25) is 0 Å². The molecule has 0 saturated heterocycles. The predicted octanol–water partition coefficient (Wildman–Crippen LogP) is 2.55. The summed E-state index contributed by atoms with van der Waals surface area (Å²) in [7, 11) is 1.31. The van der Waals surface area contributed by atoms with Crippen LogP contribution in [0.5, 0.6) is 0 Å². The summed E-state index contributed by atoms with van der Waals surface area (Å²) in [4.78, 5) is 22.8. The van der Waals surface area contributed by atoms with Crippen LogP contribution in [-0.2, 0) is 27.4 Å². The highest BCUT2D eigenvalue weighted by Gasteiger charge is 2.10. The Labute approximate surface area is 128 Å². The zero-order valence-corrected chi connectivity index (χ0v) is 12.4. The number of carbonyl (C=O) groups is 2. The van der Waals surface area contributed by atoms with Crippen molar-refractivity contribution in [3.05, 3.63) is 47.7 Å². The summed E-state index contributed by atoms with van der Waals surface area (Å²) in [6, 6.07) is 5.43. The number of furan rings is 1. The lowest BCUT2D eigenvalue weighted by molar-refractivity contribution is -0.134. The average Bonchev–Trinajstić information content (AvgIpc) is 2.93. The Balaban J connectivity index is 1.94. The van der Waals surface area contributed by atoms with Gasteiger partial charge in [-0.3, -0.25) is 4.79 Å². The first kappa shape index (κ1) is 16.0. The second kappa shape index (κ2) is 7.56. The van der Waals surface area contributed by atoms with Crippen LogP contribution in [0.1, 0.15) is 24.0 Å². The minimum Gasteiger partial charge on any atom is -0.466 e. The molecule has 116 valence electrons. The van der Waals surface area contributed by atoms with E-state index in [2.05, 4.69) is 4.74 Å². The Morgan fingerprint density at radius 1 is 1.36 bits per heavy atom. The fourth-order valence-electron chi connectivity index (χ4n) is 2.16. The van der Waals surface area contributed by atoms with E-state index < -0.39 is 5.97 Å². The van der Waals surface area contributed by atoms with Crippen LogP contribution in [0.4, 0.5) is 0 Å². The van der Waals surface area contributed by atoms with Gasteiger partial charge < -0.3 is 14.3 Å². The standard InChI is InChI=1S/C17H18O5/c1-21-17(20)5-3-2-4-14(19)9-13-11-22-16-8-12(10-18)6-7-15(13)16/h3,5-8,11,18H,2,4,9-10H2,1H3/b5-3+. The molecule has 0 fully saturated rings. The fraction of sp³-hybridized carbons (Fsp3) is 0.294. The topological polar surface area (TPSA) is 76.7 Å². The number of allylic oxidation sites excluding steroid dienone is 1. The van der Waals surface area contributed by atoms with Gasteiger partial charge in [-0.15, -0.1) is 0 Å². The molecule has 0 atom stereocenters. The molecule has 22 heavy (non-hydrogen) atoms. The van der Waals surface area contributed by atoms with E-state index in [1.165, 1.54) is 13.2 Å². The first-order valence-electron chi connectivity index (χ1n) is 7.00. The van der Waals surface area contributed by atoms with Gasteiger partial charge in [-0.2, -0.15) is 0 Å². The Kier molecular flexibility index (Phi) is 5.49. The summed E-state index contributed by atoms with van der Waals surface area (Å²) in [5, 5.41) is 9.98. The number of ether oxygens (including phenoxy) is 1. The number of Topliss-reactive ketones (excluding diaryl/α,β-unsaturated/α-hetero) is 1. The molecule has 1 aromatic heterocycles. The number of ketones is 1. The van der Waals surface area contributed by atoms with Crippen molar-refractivity contribution in [1.29, 1.82) is 0 Å². The average molecular weight is 302 g/mol. The summed E-state index contributed by atoms with van der Waals surface area (Å²) >= 11 is 0. The largest absolute Gasteiger partial charge is 0.466 e. The maximum Gasteiger partial charge on any atom is 0.330 e. The smallest absolute Gasteiger partial charge is 0.330 e. The van der Waals surface area contributed by atoms with E-state index in [0.717, 1.165) is 16.5 Å². The van der Waals surface area contributed by atoms with Crippen LogP contribution < -0.4 is 0 Å². The third-order valence-corrected chi connectivity index (χ3v) is 3.34. The van der Waals surface area contributed by atoms with Gasteiger partial charge in [0.15, 0.2) is 0 Å². The lowest BCUT2D eigenvalue weighted by Gasteiger charge is -1.99. The highest BCUT2D eigenvalue weighted by atomic mass is 16.5. The molecule has 0 radical (unpaired) electrons.